The van der Waals surface area contributed by atoms with Crippen LogP contribution >= 0.6 is 15.9 Å². The Morgan fingerprint density at radius 3 is 2.48 bits per heavy atom. The van der Waals surface area contributed by atoms with Crippen LogP contribution in [0.2, 0.25) is 0 Å². The number of halogens is 1. The standard InChI is InChI=1S/C19H21BrO4S/c1-19(2,3)15-6-4-5-7-17(15)25(21,22)18-10-13(20)8-9-16(18)24-12-14-11-23-14/h4-10,14H,11-12H2,1-3H3. The third kappa shape index (κ3) is 4.07. The monoisotopic (exact) mass is 424 g/mol. The summed E-state index contributed by atoms with van der Waals surface area (Å²) in [6.45, 7) is 7.02. The number of rotatable bonds is 5. The van der Waals surface area contributed by atoms with E-state index >= 15 is 0 Å². The highest BCUT2D eigenvalue weighted by molar-refractivity contribution is 9.10. The molecular formula is C19H21BrO4S. The highest BCUT2D eigenvalue weighted by Gasteiger charge is 2.30. The minimum absolute atomic E-state index is 0.0565. The van der Waals surface area contributed by atoms with Crippen LogP contribution in [0.3, 0.4) is 0 Å². The lowest BCUT2D eigenvalue weighted by Crippen LogP contribution is -2.17. The number of hydrogen-bond acceptors (Lipinski definition) is 4. The third-order valence-corrected chi connectivity index (χ3v) is 6.33. The van der Waals surface area contributed by atoms with E-state index in [9.17, 15) is 8.42 Å². The number of hydrogen-bond donors (Lipinski definition) is 0. The van der Waals surface area contributed by atoms with Crippen molar-refractivity contribution >= 4 is 25.8 Å². The van der Waals surface area contributed by atoms with Crippen LogP contribution in [-0.4, -0.2) is 27.7 Å². The Balaban J connectivity index is 2.10. The number of epoxide rings is 1. The molecule has 1 fully saturated rings. The molecule has 6 heteroatoms. The molecule has 0 aliphatic carbocycles. The van der Waals surface area contributed by atoms with Crippen LogP contribution in [0.4, 0.5) is 0 Å². The fourth-order valence-electron chi connectivity index (χ4n) is 2.60. The van der Waals surface area contributed by atoms with Crippen LogP contribution in [0.15, 0.2) is 56.7 Å². The molecule has 0 aromatic heterocycles. The zero-order valence-corrected chi connectivity index (χ0v) is 16.9. The molecule has 1 unspecified atom stereocenters. The second-order valence-electron chi connectivity index (χ2n) is 7.11. The van der Waals surface area contributed by atoms with Crippen molar-refractivity contribution in [3.05, 3.63) is 52.5 Å². The molecule has 1 aliphatic heterocycles. The molecule has 0 radical (unpaired) electrons. The van der Waals surface area contributed by atoms with Crippen molar-refractivity contribution < 1.29 is 17.9 Å². The van der Waals surface area contributed by atoms with Gasteiger partial charge in [-0.25, -0.2) is 8.42 Å². The second kappa shape index (κ2) is 6.74. The number of benzene rings is 2. The van der Waals surface area contributed by atoms with Crippen molar-refractivity contribution in [2.45, 2.75) is 42.1 Å². The third-order valence-electron chi connectivity index (χ3n) is 4.01. The van der Waals surface area contributed by atoms with E-state index < -0.39 is 9.84 Å². The topological polar surface area (TPSA) is 55.9 Å². The summed E-state index contributed by atoms with van der Waals surface area (Å²) in [6, 6.07) is 12.2. The lowest BCUT2D eigenvalue weighted by atomic mass is 9.87. The van der Waals surface area contributed by atoms with E-state index in [4.69, 9.17) is 9.47 Å². The van der Waals surface area contributed by atoms with Crippen LogP contribution in [-0.2, 0) is 20.0 Å². The van der Waals surface area contributed by atoms with Gasteiger partial charge in [-0.3, -0.25) is 0 Å². The van der Waals surface area contributed by atoms with Crippen LogP contribution in [0.5, 0.6) is 5.75 Å². The molecule has 1 saturated heterocycles. The van der Waals surface area contributed by atoms with Gasteiger partial charge in [-0.05, 0) is 35.2 Å². The van der Waals surface area contributed by atoms with Gasteiger partial charge in [0.25, 0.3) is 0 Å². The summed E-state index contributed by atoms with van der Waals surface area (Å²) in [7, 11) is -3.73. The first-order valence-electron chi connectivity index (χ1n) is 8.08. The Labute approximate surface area is 157 Å². The molecule has 0 amide bonds. The Kier molecular flexibility index (Phi) is 4.97. The van der Waals surface area contributed by atoms with Crippen LogP contribution < -0.4 is 4.74 Å². The summed E-state index contributed by atoms with van der Waals surface area (Å²) >= 11 is 3.37. The summed E-state index contributed by atoms with van der Waals surface area (Å²) < 4.78 is 38.4. The average Bonchev–Trinajstić information content (AvgIpc) is 3.37. The molecule has 4 nitrogen and oxygen atoms in total. The molecule has 1 atom stereocenters. The molecule has 0 bridgehead atoms. The van der Waals surface area contributed by atoms with Gasteiger partial charge in [0.15, 0.2) is 0 Å². The lowest BCUT2D eigenvalue weighted by molar-refractivity contribution is 0.258. The average molecular weight is 425 g/mol. The van der Waals surface area contributed by atoms with E-state index in [2.05, 4.69) is 15.9 Å². The maximum atomic E-state index is 13.4. The maximum absolute atomic E-state index is 13.4. The quantitative estimate of drug-likeness (QED) is 0.669. The van der Waals surface area contributed by atoms with E-state index in [1.807, 2.05) is 32.9 Å². The number of ether oxygens (including phenoxy) is 2. The van der Waals surface area contributed by atoms with Gasteiger partial charge in [-0.1, -0.05) is 54.9 Å². The molecule has 2 aromatic rings. The summed E-state index contributed by atoms with van der Waals surface area (Å²) in [5.41, 5.74) is 0.491. The first-order chi connectivity index (χ1) is 11.7. The summed E-state index contributed by atoms with van der Waals surface area (Å²) in [4.78, 5) is 0.479. The van der Waals surface area contributed by atoms with Gasteiger partial charge < -0.3 is 9.47 Å². The first-order valence-corrected chi connectivity index (χ1v) is 10.4. The van der Waals surface area contributed by atoms with Crippen molar-refractivity contribution in [2.24, 2.45) is 0 Å². The lowest BCUT2D eigenvalue weighted by Gasteiger charge is -2.23. The molecule has 1 aliphatic rings. The van der Waals surface area contributed by atoms with E-state index in [1.165, 1.54) is 0 Å². The van der Waals surface area contributed by atoms with Gasteiger partial charge in [0.2, 0.25) is 9.84 Å². The molecule has 3 rings (SSSR count). The minimum Gasteiger partial charge on any atom is -0.489 e. The fourth-order valence-corrected chi connectivity index (χ4v) is 4.94. The Morgan fingerprint density at radius 2 is 1.84 bits per heavy atom. The zero-order chi connectivity index (χ0) is 18.2. The molecule has 0 N–H and O–H groups in total. The van der Waals surface area contributed by atoms with Crippen molar-refractivity contribution in [3.63, 3.8) is 0 Å². The van der Waals surface area contributed by atoms with Gasteiger partial charge in [-0.15, -0.1) is 0 Å². The normalized spacial score (nSPS) is 17.4. The molecule has 134 valence electrons. The predicted octanol–water partition coefficient (Wildman–Crippen LogP) is 4.36. The first kappa shape index (κ1) is 18.4. The Hall–Kier alpha value is -1.37. The molecule has 0 spiro atoms. The van der Waals surface area contributed by atoms with Crippen LogP contribution in [0.1, 0.15) is 26.3 Å². The van der Waals surface area contributed by atoms with Gasteiger partial charge in [0.1, 0.15) is 23.4 Å². The highest BCUT2D eigenvalue weighted by Crippen LogP contribution is 2.37. The second-order valence-corrected chi connectivity index (χ2v) is 9.91. The minimum atomic E-state index is -3.73. The molecule has 0 saturated carbocycles. The van der Waals surface area contributed by atoms with Crippen molar-refractivity contribution in [1.82, 2.24) is 0 Å². The predicted molar refractivity (Wildman–Crippen MR) is 100.0 cm³/mol. The van der Waals surface area contributed by atoms with E-state index in [0.717, 1.165) is 5.56 Å². The number of sulfone groups is 1. The molecular weight excluding hydrogens is 404 g/mol. The van der Waals surface area contributed by atoms with Crippen molar-refractivity contribution in [2.75, 3.05) is 13.2 Å². The highest BCUT2D eigenvalue weighted by atomic mass is 79.9. The largest absolute Gasteiger partial charge is 0.489 e. The molecule has 25 heavy (non-hydrogen) atoms. The van der Waals surface area contributed by atoms with Crippen molar-refractivity contribution in [3.8, 4) is 5.75 Å². The SMILES string of the molecule is CC(C)(C)c1ccccc1S(=O)(=O)c1cc(Br)ccc1OCC1CO1. The van der Waals surface area contributed by atoms with E-state index in [-0.39, 0.29) is 16.4 Å². The van der Waals surface area contributed by atoms with Crippen LogP contribution in [0.25, 0.3) is 0 Å². The molecule has 2 aromatic carbocycles. The smallest absolute Gasteiger partial charge is 0.210 e. The molecule has 1 heterocycles. The summed E-state index contributed by atoms with van der Waals surface area (Å²) in [5.74, 6) is 0.349. The van der Waals surface area contributed by atoms with Gasteiger partial charge >= 0.3 is 0 Å². The summed E-state index contributed by atoms with van der Waals surface area (Å²) in [6.07, 6.45) is 0.0565. The Bertz CT molecular complexity index is 881. The van der Waals surface area contributed by atoms with Crippen LogP contribution in [0, 0.1) is 0 Å². The Morgan fingerprint density at radius 1 is 1.16 bits per heavy atom. The maximum Gasteiger partial charge on any atom is 0.210 e. The van der Waals surface area contributed by atoms with Gasteiger partial charge in [-0.2, -0.15) is 0 Å². The van der Waals surface area contributed by atoms with E-state index in [0.29, 0.717) is 28.3 Å². The van der Waals surface area contributed by atoms with Gasteiger partial charge in [0.05, 0.1) is 11.5 Å². The zero-order valence-electron chi connectivity index (χ0n) is 14.5. The summed E-state index contributed by atoms with van der Waals surface area (Å²) in [5, 5.41) is 0. The van der Waals surface area contributed by atoms with Crippen molar-refractivity contribution in [1.29, 1.82) is 0 Å². The fraction of sp³-hybridized carbons (Fsp3) is 0.368. The van der Waals surface area contributed by atoms with Gasteiger partial charge in [0, 0.05) is 4.47 Å². The van der Waals surface area contributed by atoms with E-state index in [1.54, 1.807) is 30.3 Å².